The van der Waals surface area contributed by atoms with Crippen molar-refractivity contribution in [2.24, 2.45) is 0 Å². The van der Waals surface area contributed by atoms with Crippen molar-refractivity contribution in [3.8, 4) is 0 Å². The van der Waals surface area contributed by atoms with E-state index in [0.717, 1.165) is 21.9 Å². The standard InChI is InChI=1S/C30H35N3O5S/c1-29(2,3)38-28(35)32(4)26(18-22-9-12-23-7-5-6-8-24(23)17-22)27(34)33-16-15-31-20-30(33)19-21-10-13-25(14-11-21)39(30,36)37/h5-14,17,26,31H,15-16,18-20H2,1-4H3/t26-,30-/m1/s1. The first-order chi connectivity index (χ1) is 18.4. The van der Waals surface area contributed by atoms with Crippen LogP contribution in [0.3, 0.4) is 0 Å². The SMILES string of the molecule is CN(C(=O)OC(C)(C)C)[C@H](Cc1ccc2ccccc2c1)C(=O)N1CCNC[C@]12Cc1ccc(cc1)S2(=O)=O. The number of nitrogens with one attached hydrogen (secondary N) is 1. The summed E-state index contributed by atoms with van der Waals surface area (Å²) in [6.07, 6.45) is -0.256. The molecule has 1 fully saturated rings. The van der Waals surface area contributed by atoms with Crippen molar-refractivity contribution in [1.29, 1.82) is 0 Å². The lowest BCUT2D eigenvalue weighted by atomic mass is 9.97. The third kappa shape index (κ3) is 5.01. The molecule has 3 aromatic carbocycles. The average molecular weight is 550 g/mol. The quantitative estimate of drug-likeness (QED) is 0.532. The molecule has 3 heterocycles. The Hall–Kier alpha value is -3.43. The maximum Gasteiger partial charge on any atom is 0.410 e. The van der Waals surface area contributed by atoms with Gasteiger partial charge in [-0.1, -0.05) is 54.6 Å². The van der Waals surface area contributed by atoms with Crippen LogP contribution in [-0.4, -0.2) is 73.4 Å². The highest BCUT2D eigenvalue weighted by molar-refractivity contribution is 7.92. The second kappa shape index (κ2) is 9.95. The van der Waals surface area contributed by atoms with Gasteiger partial charge >= 0.3 is 6.09 Å². The largest absolute Gasteiger partial charge is 0.444 e. The number of benzene rings is 3. The molecule has 0 aromatic heterocycles. The van der Waals surface area contributed by atoms with Gasteiger partial charge < -0.3 is 15.0 Å². The predicted octanol–water partition coefficient (Wildman–Crippen LogP) is 3.78. The zero-order valence-corrected chi connectivity index (χ0v) is 23.6. The molecule has 0 unspecified atom stereocenters. The first-order valence-corrected chi connectivity index (χ1v) is 14.7. The van der Waals surface area contributed by atoms with Gasteiger partial charge in [0.15, 0.2) is 4.87 Å². The number of carbonyl (C=O) groups excluding carboxylic acids is 2. The van der Waals surface area contributed by atoms with E-state index in [1.807, 2.05) is 42.5 Å². The van der Waals surface area contributed by atoms with E-state index in [0.29, 0.717) is 6.54 Å². The predicted molar refractivity (Wildman–Crippen MR) is 150 cm³/mol. The molecular formula is C30H35N3O5S. The van der Waals surface area contributed by atoms with Gasteiger partial charge in [0.05, 0.1) is 4.90 Å². The molecule has 39 heavy (non-hydrogen) atoms. The normalized spacial score (nSPS) is 21.0. The molecule has 0 saturated carbocycles. The Labute approximate surface area is 229 Å². The molecule has 9 heteroatoms. The second-order valence-corrected chi connectivity index (χ2v) is 13.7. The number of likely N-dealkylation sites (N-methyl/N-ethyl adjacent to an activating group) is 1. The number of carbonyl (C=O) groups is 2. The van der Waals surface area contributed by atoms with Crippen molar-refractivity contribution < 1.29 is 22.7 Å². The fourth-order valence-electron chi connectivity index (χ4n) is 5.52. The van der Waals surface area contributed by atoms with E-state index >= 15 is 0 Å². The maximum atomic E-state index is 14.5. The monoisotopic (exact) mass is 549 g/mol. The molecule has 1 saturated heterocycles. The Morgan fingerprint density at radius 3 is 2.44 bits per heavy atom. The summed E-state index contributed by atoms with van der Waals surface area (Å²) in [5, 5.41) is 5.30. The molecule has 2 amide bonds. The first kappa shape index (κ1) is 27.1. The molecule has 3 aliphatic rings. The minimum atomic E-state index is -3.91. The summed E-state index contributed by atoms with van der Waals surface area (Å²) < 4.78 is 33.6. The van der Waals surface area contributed by atoms with Gasteiger partial charge in [-0.25, -0.2) is 13.2 Å². The van der Waals surface area contributed by atoms with Gasteiger partial charge in [-0.2, -0.15) is 0 Å². The molecule has 1 N–H and O–H groups in total. The number of fused-ring (bicyclic) bond motifs is 3. The van der Waals surface area contributed by atoms with Crippen LogP contribution in [0.25, 0.3) is 10.8 Å². The van der Waals surface area contributed by atoms with Gasteiger partial charge in [-0.05, 0) is 54.8 Å². The fourth-order valence-corrected chi connectivity index (χ4v) is 7.58. The van der Waals surface area contributed by atoms with Gasteiger partial charge in [0.1, 0.15) is 11.6 Å². The van der Waals surface area contributed by atoms with E-state index in [9.17, 15) is 18.0 Å². The molecule has 0 aliphatic carbocycles. The van der Waals surface area contributed by atoms with E-state index in [2.05, 4.69) is 5.32 Å². The second-order valence-electron chi connectivity index (χ2n) is 11.4. The van der Waals surface area contributed by atoms with E-state index in [1.165, 1.54) is 9.80 Å². The van der Waals surface area contributed by atoms with E-state index in [-0.39, 0.29) is 30.8 Å². The number of amides is 2. The summed E-state index contributed by atoms with van der Waals surface area (Å²) in [6, 6.07) is 19.7. The Bertz CT molecular complexity index is 1510. The lowest BCUT2D eigenvalue weighted by Crippen LogP contribution is -2.69. The van der Waals surface area contributed by atoms with Crippen LogP contribution in [0.4, 0.5) is 4.79 Å². The van der Waals surface area contributed by atoms with Gasteiger partial charge in [-0.3, -0.25) is 9.69 Å². The molecule has 8 nitrogen and oxygen atoms in total. The number of sulfone groups is 1. The molecule has 3 aliphatic heterocycles. The Morgan fingerprint density at radius 2 is 1.74 bits per heavy atom. The Kier molecular flexibility index (Phi) is 6.93. The van der Waals surface area contributed by atoms with Crippen LogP contribution in [0.1, 0.15) is 31.9 Å². The number of rotatable bonds is 4. The van der Waals surface area contributed by atoms with Crippen molar-refractivity contribution in [2.75, 3.05) is 26.7 Å². The zero-order valence-electron chi connectivity index (χ0n) is 22.8. The minimum Gasteiger partial charge on any atom is -0.444 e. The van der Waals surface area contributed by atoms with E-state index in [1.54, 1.807) is 52.1 Å². The molecular weight excluding hydrogens is 514 g/mol. The lowest BCUT2D eigenvalue weighted by Gasteiger charge is -2.47. The lowest BCUT2D eigenvalue weighted by molar-refractivity contribution is -0.141. The van der Waals surface area contributed by atoms with Crippen LogP contribution < -0.4 is 5.32 Å². The number of hydrogen-bond acceptors (Lipinski definition) is 6. The fraction of sp³-hybridized carbons (Fsp3) is 0.400. The Balaban J connectivity index is 1.56. The third-order valence-corrected chi connectivity index (χ3v) is 9.96. The Morgan fingerprint density at radius 1 is 1.05 bits per heavy atom. The molecule has 2 bridgehead atoms. The highest BCUT2D eigenvalue weighted by Gasteiger charge is 2.55. The van der Waals surface area contributed by atoms with Crippen LogP contribution in [0, 0.1) is 0 Å². The molecule has 3 aromatic rings. The molecule has 206 valence electrons. The van der Waals surface area contributed by atoms with Crippen molar-refractivity contribution in [2.45, 2.75) is 55.0 Å². The molecule has 2 atom stereocenters. The number of piperazine rings is 1. The zero-order chi connectivity index (χ0) is 28.0. The molecule has 6 rings (SSSR count). The van der Waals surface area contributed by atoms with Crippen LogP contribution in [-0.2, 0) is 32.2 Å². The summed E-state index contributed by atoms with van der Waals surface area (Å²) in [5.74, 6) is -0.413. The number of hydrogen-bond donors (Lipinski definition) is 1. The summed E-state index contributed by atoms with van der Waals surface area (Å²) >= 11 is 0. The van der Waals surface area contributed by atoms with Gasteiger partial charge in [-0.15, -0.1) is 0 Å². The summed E-state index contributed by atoms with van der Waals surface area (Å²) in [6.45, 7) is 6.07. The van der Waals surface area contributed by atoms with Crippen LogP contribution in [0.5, 0.6) is 0 Å². The minimum absolute atomic E-state index is 0.107. The van der Waals surface area contributed by atoms with Crippen molar-refractivity contribution in [3.63, 3.8) is 0 Å². The number of ether oxygens (including phenoxy) is 1. The summed E-state index contributed by atoms with van der Waals surface area (Å²) in [7, 11) is -2.36. The summed E-state index contributed by atoms with van der Waals surface area (Å²) in [4.78, 5) is 29.2. The van der Waals surface area contributed by atoms with E-state index in [4.69, 9.17) is 4.74 Å². The van der Waals surface area contributed by atoms with Crippen molar-refractivity contribution in [3.05, 3.63) is 77.9 Å². The topological polar surface area (TPSA) is 96.0 Å². The molecule has 0 radical (unpaired) electrons. The average Bonchev–Trinajstić information content (AvgIpc) is 3.06. The van der Waals surface area contributed by atoms with Gasteiger partial charge in [0, 0.05) is 39.5 Å². The third-order valence-electron chi connectivity index (χ3n) is 7.56. The highest BCUT2D eigenvalue weighted by Crippen LogP contribution is 2.38. The smallest absolute Gasteiger partial charge is 0.410 e. The molecule has 1 spiro atoms. The van der Waals surface area contributed by atoms with Crippen LogP contribution in [0.2, 0.25) is 0 Å². The van der Waals surface area contributed by atoms with Crippen molar-refractivity contribution in [1.82, 2.24) is 15.1 Å². The van der Waals surface area contributed by atoms with E-state index < -0.39 is 38.4 Å². The highest BCUT2D eigenvalue weighted by atomic mass is 32.2. The summed E-state index contributed by atoms with van der Waals surface area (Å²) in [5.41, 5.74) is 0.947. The van der Waals surface area contributed by atoms with Crippen LogP contribution >= 0.6 is 0 Å². The van der Waals surface area contributed by atoms with Crippen LogP contribution in [0.15, 0.2) is 71.6 Å². The number of nitrogens with zero attached hydrogens (tertiary/aromatic N) is 2. The first-order valence-electron chi connectivity index (χ1n) is 13.2. The maximum absolute atomic E-state index is 14.5. The van der Waals surface area contributed by atoms with Gasteiger partial charge in [0.2, 0.25) is 15.7 Å². The van der Waals surface area contributed by atoms with Crippen molar-refractivity contribution >= 4 is 32.6 Å². The van der Waals surface area contributed by atoms with Gasteiger partial charge in [0.25, 0.3) is 0 Å².